The zero-order valence-electron chi connectivity index (χ0n) is 16.2. The van der Waals surface area contributed by atoms with Gasteiger partial charge in [-0.25, -0.2) is 0 Å². The Hall–Kier alpha value is -2.07. The van der Waals surface area contributed by atoms with Gasteiger partial charge in [-0.05, 0) is 30.3 Å². The van der Waals surface area contributed by atoms with Crippen molar-refractivity contribution >= 4 is 29.0 Å². The monoisotopic (exact) mass is 437 g/mol. The topological polar surface area (TPSA) is 47.0 Å². The summed E-state index contributed by atoms with van der Waals surface area (Å²) in [5, 5.41) is 9.07. The van der Waals surface area contributed by atoms with E-state index in [1.807, 2.05) is 17.0 Å². The van der Waals surface area contributed by atoms with Crippen LogP contribution in [-0.4, -0.2) is 66.7 Å². The number of amides is 1. The Morgan fingerprint density at radius 2 is 1.63 bits per heavy atom. The van der Waals surface area contributed by atoms with Gasteiger partial charge >= 0.3 is 6.18 Å². The highest BCUT2D eigenvalue weighted by atomic mass is 32.2. The predicted octanol–water partition coefficient (Wildman–Crippen LogP) is 3.44. The van der Waals surface area contributed by atoms with Crippen LogP contribution in [0.5, 0.6) is 0 Å². The molecule has 1 amide bonds. The maximum atomic E-state index is 13.3. The Labute approximate surface area is 177 Å². The van der Waals surface area contributed by atoms with Crippen LogP contribution < -0.4 is 4.90 Å². The van der Waals surface area contributed by atoms with Gasteiger partial charge in [-0.15, -0.1) is 0 Å². The number of aliphatic hydroxyl groups is 1. The van der Waals surface area contributed by atoms with Crippen molar-refractivity contribution in [3.05, 3.63) is 48.0 Å². The molecule has 160 valence electrons. The van der Waals surface area contributed by atoms with E-state index in [9.17, 15) is 18.0 Å². The van der Waals surface area contributed by atoms with Crippen LogP contribution >= 0.6 is 11.8 Å². The zero-order chi connectivity index (χ0) is 21.3. The first-order valence-electron chi connectivity index (χ1n) is 9.73. The number of β-amino-alcohol motifs (C(OH)–C–C–N with tert-alkyl or cyclic N) is 1. The molecule has 0 aromatic heterocycles. The summed E-state index contributed by atoms with van der Waals surface area (Å²) in [6, 6.07) is 10.8. The second-order valence-electron chi connectivity index (χ2n) is 7.32. The summed E-state index contributed by atoms with van der Waals surface area (Å²) < 4.78 is 39.9. The van der Waals surface area contributed by atoms with Crippen molar-refractivity contribution in [1.29, 1.82) is 0 Å². The van der Waals surface area contributed by atoms with Gasteiger partial charge in [-0.3, -0.25) is 19.5 Å². The highest BCUT2D eigenvalue weighted by Gasteiger charge is 2.35. The molecule has 0 spiro atoms. The Kier molecular flexibility index (Phi) is 6.06. The molecule has 1 N–H and O–H groups in total. The molecule has 2 aromatic carbocycles. The predicted molar refractivity (Wildman–Crippen MR) is 109 cm³/mol. The average molecular weight is 437 g/mol. The molecule has 0 bridgehead atoms. The number of benzene rings is 2. The largest absolute Gasteiger partial charge is 0.416 e. The molecule has 0 unspecified atom stereocenters. The molecular formula is C21H22F3N3O2S. The van der Waals surface area contributed by atoms with Crippen molar-refractivity contribution in [2.45, 2.75) is 16.0 Å². The van der Waals surface area contributed by atoms with Crippen molar-refractivity contribution < 1.29 is 23.1 Å². The van der Waals surface area contributed by atoms with E-state index in [1.54, 1.807) is 12.1 Å². The normalized spacial score (nSPS) is 17.5. The molecule has 9 heteroatoms. The van der Waals surface area contributed by atoms with E-state index in [0.717, 1.165) is 30.1 Å². The molecule has 2 aromatic rings. The van der Waals surface area contributed by atoms with E-state index < -0.39 is 11.7 Å². The maximum absolute atomic E-state index is 13.3. The van der Waals surface area contributed by atoms with Crippen LogP contribution in [0.15, 0.2) is 52.3 Å². The Balaban J connectivity index is 1.61. The number of para-hydroxylation sites is 1. The first kappa shape index (κ1) is 21.2. The summed E-state index contributed by atoms with van der Waals surface area (Å²) >= 11 is 1.37. The lowest BCUT2D eigenvalue weighted by Gasteiger charge is -2.36. The molecule has 5 nitrogen and oxygen atoms in total. The number of piperazine rings is 1. The van der Waals surface area contributed by atoms with Gasteiger partial charge in [0.1, 0.15) is 0 Å². The molecule has 2 heterocycles. The van der Waals surface area contributed by atoms with E-state index >= 15 is 0 Å². The summed E-state index contributed by atoms with van der Waals surface area (Å²) in [5.74, 6) is -0.251. The van der Waals surface area contributed by atoms with Crippen LogP contribution in [0.3, 0.4) is 0 Å². The third-order valence-electron chi connectivity index (χ3n) is 5.34. The Bertz CT molecular complexity index is 930. The third-order valence-corrected chi connectivity index (χ3v) is 6.47. The summed E-state index contributed by atoms with van der Waals surface area (Å²) in [7, 11) is 0. The summed E-state index contributed by atoms with van der Waals surface area (Å²) in [5.41, 5.74) is 0.118. The van der Waals surface area contributed by atoms with Crippen molar-refractivity contribution in [3.8, 4) is 0 Å². The molecule has 2 aliphatic rings. The fraction of sp³-hybridized carbons (Fsp3) is 0.381. The van der Waals surface area contributed by atoms with Gasteiger partial charge in [0.25, 0.3) is 0 Å². The van der Waals surface area contributed by atoms with Crippen LogP contribution in [0.1, 0.15) is 5.56 Å². The average Bonchev–Trinajstić information content (AvgIpc) is 2.72. The summed E-state index contributed by atoms with van der Waals surface area (Å²) in [4.78, 5) is 20.3. The van der Waals surface area contributed by atoms with E-state index in [2.05, 4.69) is 4.90 Å². The van der Waals surface area contributed by atoms with E-state index in [0.29, 0.717) is 30.2 Å². The van der Waals surface area contributed by atoms with Gasteiger partial charge < -0.3 is 5.11 Å². The van der Waals surface area contributed by atoms with Gasteiger partial charge in [0.15, 0.2) is 0 Å². The minimum atomic E-state index is -4.48. The second-order valence-corrected chi connectivity index (χ2v) is 8.40. The van der Waals surface area contributed by atoms with Crippen molar-refractivity contribution in [2.75, 3.05) is 50.8 Å². The molecule has 0 saturated carbocycles. The molecule has 0 atom stereocenters. The van der Waals surface area contributed by atoms with Crippen LogP contribution in [0.25, 0.3) is 0 Å². The number of rotatable bonds is 4. The lowest BCUT2D eigenvalue weighted by atomic mass is 10.1. The maximum Gasteiger partial charge on any atom is 0.416 e. The van der Waals surface area contributed by atoms with E-state index in [4.69, 9.17) is 5.11 Å². The number of carbonyl (C=O) groups excluding carboxylic acids is 1. The molecule has 0 radical (unpaired) electrons. The van der Waals surface area contributed by atoms with Crippen molar-refractivity contribution in [3.63, 3.8) is 0 Å². The van der Waals surface area contributed by atoms with E-state index in [1.165, 1.54) is 22.7 Å². The molecule has 4 rings (SSSR count). The number of aliphatic hydroxyl groups excluding tert-OH is 1. The second kappa shape index (κ2) is 8.58. The van der Waals surface area contributed by atoms with Gasteiger partial charge in [-0.2, -0.15) is 13.2 Å². The van der Waals surface area contributed by atoms with Crippen LogP contribution in [0.2, 0.25) is 0 Å². The molecule has 1 fully saturated rings. The van der Waals surface area contributed by atoms with Crippen molar-refractivity contribution in [2.24, 2.45) is 0 Å². The van der Waals surface area contributed by atoms with E-state index in [-0.39, 0.29) is 24.7 Å². The SMILES string of the molecule is O=C(CN1CCN(CCO)CC1)N1c2ccccc2Sc2ccc(C(F)(F)F)cc21. The lowest BCUT2D eigenvalue weighted by molar-refractivity contribution is -0.137. The summed E-state index contributed by atoms with van der Waals surface area (Å²) in [6.07, 6.45) is -4.48. The number of nitrogens with zero attached hydrogens (tertiary/aromatic N) is 3. The van der Waals surface area contributed by atoms with Gasteiger partial charge in [0, 0.05) is 42.5 Å². The Morgan fingerprint density at radius 3 is 2.33 bits per heavy atom. The molecular weight excluding hydrogens is 415 g/mol. The Morgan fingerprint density at radius 1 is 0.967 bits per heavy atom. The molecule has 1 saturated heterocycles. The number of alkyl halides is 3. The first-order chi connectivity index (χ1) is 14.4. The van der Waals surface area contributed by atoms with Crippen LogP contribution in [0.4, 0.5) is 24.5 Å². The number of anilines is 2. The van der Waals surface area contributed by atoms with Gasteiger partial charge in [-0.1, -0.05) is 23.9 Å². The molecule has 0 aliphatic carbocycles. The minimum Gasteiger partial charge on any atom is -0.395 e. The highest BCUT2D eigenvalue weighted by Crippen LogP contribution is 2.49. The first-order valence-corrected chi connectivity index (χ1v) is 10.5. The number of carbonyl (C=O) groups is 1. The highest BCUT2D eigenvalue weighted by molar-refractivity contribution is 7.99. The molecule has 2 aliphatic heterocycles. The summed E-state index contributed by atoms with van der Waals surface area (Å²) in [6.45, 7) is 3.66. The molecule has 30 heavy (non-hydrogen) atoms. The van der Waals surface area contributed by atoms with Crippen LogP contribution in [0, 0.1) is 0 Å². The van der Waals surface area contributed by atoms with Crippen LogP contribution in [-0.2, 0) is 11.0 Å². The number of fused-ring (bicyclic) bond motifs is 2. The fourth-order valence-electron chi connectivity index (χ4n) is 3.77. The number of hydrogen-bond acceptors (Lipinski definition) is 5. The van der Waals surface area contributed by atoms with Crippen molar-refractivity contribution in [1.82, 2.24) is 9.80 Å². The quantitative estimate of drug-likeness (QED) is 0.794. The number of hydrogen-bond donors (Lipinski definition) is 1. The number of halogens is 3. The zero-order valence-corrected chi connectivity index (χ0v) is 17.0. The minimum absolute atomic E-state index is 0.0967. The fourth-order valence-corrected chi connectivity index (χ4v) is 4.81. The standard InChI is InChI=1S/C21H22F3N3O2S/c22-21(23,24)15-5-6-19-17(13-15)27(16-3-1-2-4-18(16)30-19)20(29)14-26-9-7-25(8-10-26)11-12-28/h1-6,13,28H,7-12,14H2. The van der Waals surface area contributed by atoms with Gasteiger partial charge in [0.2, 0.25) is 5.91 Å². The van der Waals surface area contributed by atoms with Gasteiger partial charge in [0.05, 0.1) is 30.1 Å². The third kappa shape index (κ3) is 4.34. The smallest absolute Gasteiger partial charge is 0.395 e. The lowest BCUT2D eigenvalue weighted by Crippen LogP contribution is -2.50.